The summed E-state index contributed by atoms with van der Waals surface area (Å²) < 4.78 is 11.7. The molecule has 0 amide bonds. The second kappa shape index (κ2) is 8.80. The molecule has 6 nitrogen and oxygen atoms in total. The number of aryl methyl sites for hydroxylation is 1. The summed E-state index contributed by atoms with van der Waals surface area (Å²) in [6, 6.07) is 11.4. The average Bonchev–Trinajstić information content (AvgIpc) is 3.37. The predicted molar refractivity (Wildman–Crippen MR) is 111 cm³/mol. The topological polar surface area (TPSA) is 75.8 Å². The molecule has 2 aromatic heterocycles. The van der Waals surface area contributed by atoms with Crippen molar-refractivity contribution in [3.8, 4) is 16.5 Å². The van der Waals surface area contributed by atoms with Crippen molar-refractivity contribution in [2.75, 3.05) is 6.54 Å². The maximum absolute atomic E-state index is 11.5. The first-order valence-electron chi connectivity index (χ1n) is 9.79. The number of hydrogen-bond acceptors (Lipinski definition) is 6. The molecule has 7 heteroatoms. The maximum Gasteiger partial charge on any atom is 0.320 e. The molecule has 1 N–H and O–H groups in total. The Bertz CT molecular complexity index is 967. The zero-order chi connectivity index (χ0) is 20.2. The van der Waals surface area contributed by atoms with Gasteiger partial charge in [-0.25, -0.2) is 4.98 Å². The number of carboxylic acid groups (broad SMARTS) is 1. The van der Waals surface area contributed by atoms with Crippen molar-refractivity contribution in [2.45, 2.75) is 45.4 Å². The van der Waals surface area contributed by atoms with Gasteiger partial charge >= 0.3 is 5.97 Å². The number of carboxylic acids is 1. The Morgan fingerprint density at radius 3 is 3.03 bits per heavy atom. The molecule has 0 saturated carbocycles. The number of oxazole rings is 1. The summed E-state index contributed by atoms with van der Waals surface area (Å²) in [5.74, 6) is 1.38. The monoisotopic (exact) mass is 412 g/mol. The van der Waals surface area contributed by atoms with E-state index in [1.54, 1.807) is 11.3 Å². The lowest BCUT2D eigenvalue weighted by Crippen LogP contribution is -2.43. The zero-order valence-electron chi connectivity index (χ0n) is 16.3. The summed E-state index contributed by atoms with van der Waals surface area (Å²) in [6.45, 7) is 3.64. The fraction of sp³-hybridized carbons (Fsp3) is 0.364. The van der Waals surface area contributed by atoms with Crippen LogP contribution in [0.3, 0.4) is 0 Å². The first-order valence-corrected chi connectivity index (χ1v) is 10.7. The van der Waals surface area contributed by atoms with E-state index in [0.29, 0.717) is 25.5 Å². The van der Waals surface area contributed by atoms with Crippen LogP contribution in [0.25, 0.3) is 10.8 Å². The Labute approximate surface area is 173 Å². The molecule has 0 radical (unpaired) electrons. The number of thiophene rings is 1. The number of carbonyl (C=O) groups is 1. The summed E-state index contributed by atoms with van der Waals surface area (Å²) in [4.78, 5) is 19.1. The average molecular weight is 413 g/mol. The van der Waals surface area contributed by atoms with Crippen LogP contribution < -0.4 is 4.74 Å². The van der Waals surface area contributed by atoms with Gasteiger partial charge in [-0.05, 0) is 55.5 Å². The van der Waals surface area contributed by atoms with E-state index < -0.39 is 12.0 Å². The number of likely N-dealkylation sites (tertiary alicyclic amines) is 1. The molecule has 0 aliphatic carbocycles. The third-order valence-corrected chi connectivity index (χ3v) is 6.04. The van der Waals surface area contributed by atoms with Gasteiger partial charge in [0.2, 0.25) is 5.89 Å². The molecule has 1 atom stereocenters. The molecular formula is C22H24N2O4S. The highest BCUT2D eigenvalue weighted by Gasteiger charge is 2.28. The van der Waals surface area contributed by atoms with Gasteiger partial charge in [-0.2, -0.15) is 0 Å². The van der Waals surface area contributed by atoms with Crippen LogP contribution in [0.1, 0.15) is 36.3 Å². The maximum atomic E-state index is 11.5. The molecule has 29 heavy (non-hydrogen) atoms. The summed E-state index contributed by atoms with van der Waals surface area (Å²) in [5, 5.41) is 11.5. The first kappa shape index (κ1) is 19.7. The Hall–Kier alpha value is -2.64. The summed E-state index contributed by atoms with van der Waals surface area (Å²) in [6.07, 6.45) is 2.72. The highest BCUT2D eigenvalue weighted by molar-refractivity contribution is 7.13. The van der Waals surface area contributed by atoms with Gasteiger partial charge in [-0.15, -0.1) is 11.3 Å². The minimum absolute atomic E-state index is 0.325. The number of aliphatic carboxylic acids is 1. The van der Waals surface area contributed by atoms with Gasteiger partial charge in [0.15, 0.2) is 0 Å². The number of ether oxygens (including phenoxy) is 1. The van der Waals surface area contributed by atoms with Crippen molar-refractivity contribution in [1.29, 1.82) is 0 Å². The van der Waals surface area contributed by atoms with E-state index in [4.69, 9.17) is 9.15 Å². The van der Waals surface area contributed by atoms with Gasteiger partial charge in [-0.1, -0.05) is 24.6 Å². The molecule has 152 valence electrons. The summed E-state index contributed by atoms with van der Waals surface area (Å²) >= 11 is 1.59. The summed E-state index contributed by atoms with van der Waals surface area (Å²) in [7, 11) is 0. The Morgan fingerprint density at radius 2 is 2.24 bits per heavy atom. The van der Waals surface area contributed by atoms with Crippen molar-refractivity contribution in [1.82, 2.24) is 9.88 Å². The van der Waals surface area contributed by atoms with Crippen LogP contribution in [-0.4, -0.2) is 33.5 Å². The number of hydrogen-bond donors (Lipinski definition) is 1. The molecular weight excluding hydrogens is 388 g/mol. The quantitative estimate of drug-likeness (QED) is 0.605. The van der Waals surface area contributed by atoms with Gasteiger partial charge in [0.25, 0.3) is 0 Å². The molecule has 1 fully saturated rings. The predicted octanol–water partition coefficient (Wildman–Crippen LogP) is 4.73. The zero-order valence-corrected chi connectivity index (χ0v) is 17.2. The third-order valence-electron chi connectivity index (χ3n) is 5.18. The Balaban J connectivity index is 1.41. The Morgan fingerprint density at radius 1 is 1.34 bits per heavy atom. The SMILES string of the molecule is Cc1oc(-c2cccs2)nc1COc1cccc(CN2CCCC[C@@H]2C(=O)O)c1. The van der Waals surface area contributed by atoms with E-state index in [2.05, 4.69) is 4.98 Å². The molecule has 1 aliphatic heterocycles. The van der Waals surface area contributed by atoms with Crippen LogP contribution in [-0.2, 0) is 17.9 Å². The van der Waals surface area contributed by atoms with Gasteiger partial charge < -0.3 is 14.3 Å². The first-order chi connectivity index (χ1) is 14.1. The van der Waals surface area contributed by atoms with E-state index in [0.717, 1.165) is 47.0 Å². The highest BCUT2D eigenvalue weighted by Crippen LogP contribution is 2.27. The normalized spacial score (nSPS) is 17.3. The van der Waals surface area contributed by atoms with Crippen LogP contribution >= 0.6 is 11.3 Å². The number of benzene rings is 1. The smallest absolute Gasteiger partial charge is 0.320 e. The van der Waals surface area contributed by atoms with E-state index in [1.165, 1.54) is 0 Å². The molecule has 0 bridgehead atoms. The van der Waals surface area contributed by atoms with Gasteiger partial charge in [-0.3, -0.25) is 9.69 Å². The second-order valence-electron chi connectivity index (χ2n) is 7.26. The highest BCUT2D eigenvalue weighted by atomic mass is 32.1. The lowest BCUT2D eigenvalue weighted by Gasteiger charge is -2.32. The van der Waals surface area contributed by atoms with Crippen molar-refractivity contribution in [2.24, 2.45) is 0 Å². The minimum atomic E-state index is -0.736. The van der Waals surface area contributed by atoms with Crippen molar-refractivity contribution < 1.29 is 19.1 Å². The van der Waals surface area contributed by atoms with E-state index in [9.17, 15) is 9.90 Å². The van der Waals surface area contributed by atoms with E-state index >= 15 is 0 Å². The lowest BCUT2D eigenvalue weighted by molar-refractivity contribution is -0.144. The van der Waals surface area contributed by atoms with Crippen LogP contribution in [0.2, 0.25) is 0 Å². The minimum Gasteiger partial charge on any atom is -0.487 e. The molecule has 0 unspecified atom stereocenters. The third kappa shape index (κ3) is 4.68. The van der Waals surface area contributed by atoms with Gasteiger partial charge in [0.05, 0.1) is 4.88 Å². The van der Waals surface area contributed by atoms with Gasteiger partial charge in [0, 0.05) is 6.54 Å². The number of aromatic nitrogens is 1. The molecule has 3 heterocycles. The van der Waals surface area contributed by atoms with Crippen molar-refractivity contribution in [3.05, 3.63) is 58.8 Å². The Kier molecular flexibility index (Phi) is 5.97. The van der Waals surface area contributed by atoms with E-state index in [1.807, 2.05) is 53.6 Å². The molecule has 4 rings (SSSR count). The van der Waals surface area contributed by atoms with Crippen molar-refractivity contribution >= 4 is 17.3 Å². The fourth-order valence-electron chi connectivity index (χ4n) is 3.65. The standard InChI is InChI=1S/C22H24N2O4S/c1-15-18(23-21(28-15)20-9-5-11-29-20)14-27-17-7-4-6-16(12-17)13-24-10-3-2-8-19(24)22(25)26/h4-7,9,11-12,19H,2-3,8,10,13-14H2,1H3,(H,25,26)/t19-/m1/s1. The van der Waals surface area contributed by atoms with E-state index in [-0.39, 0.29) is 0 Å². The van der Waals surface area contributed by atoms with Gasteiger partial charge in [0.1, 0.15) is 29.9 Å². The largest absolute Gasteiger partial charge is 0.487 e. The van der Waals surface area contributed by atoms with Crippen molar-refractivity contribution in [3.63, 3.8) is 0 Å². The number of piperidine rings is 1. The fourth-order valence-corrected chi connectivity index (χ4v) is 4.30. The number of rotatable bonds is 7. The lowest BCUT2D eigenvalue weighted by atomic mass is 10.0. The molecule has 3 aromatic rings. The van der Waals surface area contributed by atoms with Crippen LogP contribution in [0, 0.1) is 6.92 Å². The van der Waals surface area contributed by atoms with Crippen LogP contribution in [0.4, 0.5) is 0 Å². The van der Waals surface area contributed by atoms with Crippen LogP contribution in [0.15, 0.2) is 46.2 Å². The summed E-state index contributed by atoms with van der Waals surface area (Å²) in [5.41, 5.74) is 1.83. The van der Waals surface area contributed by atoms with Crippen LogP contribution in [0.5, 0.6) is 5.75 Å². The number of nitrogens with zero attached hydrogens (tertiary/aromatic N) is 2. The molecule has 1 saturated heterocycles. The molecule has 0 spiro atoms. The second-order valence-corrected chi connectivity index (χ2v) is 8.20. The molecule has 1 aromatic carbocycles. The molecule has 1 aliphatic rings.